The summed E-state index contributed by atoms with van der Waals surface area (Å²) in [6.45, 7) is 7.17. The van der Waals surface area contributed by atoms with Crippen LogP contribution < -0.4 is 10.9 Å². The van der Waals surface area contributed by atoms with Gasteiger partial charge in [0.25, 0.3) is 5.56 Å². The Bertz CT molecular complexity index is 1000. The first kappa shape index (κ1) is 17.8. The Labute approximate surface area is 151 Å². The number of rotatable bonds is 6. The first-order chi connectivity index (χ1) is 12.5. The van der Waals surface area contributed by atoms with Crippen molar-refractivity contribution in [1.29, 1.82) is 0 Å². The molecule has 0 saturated carbocycles. The fourth-order valence-corrected chi connectivity index (χ4v) is 2.86. The van der Waals surface area contributed by atoms with Gasteiger partial charge < -0.3 is 10.3 Å². The predicted octanol–water partition coefficient (Wildman–Crippen LogP) is 1.79. The number of hydrogen-bond donors (Lipinski definition) is 2. The third-order valence-electron chi connectivity index (χ3n) is 4.65. The van der Waals surface area contributed by atoms with E-state index in [0.717, 1.165) is 16.9 Å². The van der Waals surface area contributed by atoms with Crippen molar-refractivity contribution in [2.24, 2.45) is 0 Å². The minimum absolute atomic E-state index is 0.0994. The van der Waals surface area contributed by atoms with Crippen molar-refractivity contribution in [3.63, 3.8) is 0 Å². The van der Waals surface area contributed by atoms with E-state index in [1.54, 1.807) is 6.07 Å². The molecule has 0 atom stereocenters. The molecular formula is C19H23N5O2. The first-order valence-corrected chi connectivity index (χ1v) is 8.71. The summed E-state index contributed by atoms with van der Waals surface area (Å²) in [4.78, 5) is 31.3. The quantitative estimate of drug-likeness (QED) is 0.707. The van der Waals surface area contributed by atoms with E-state index in [9.17, 15) is 9.59 Å². The fraction of sp³-hybridized carbons (Fsp3) is 0.368. The van der Waals surface area contributed by atoms with Gasteiger partial charge in [0.1, 0.15) is 5.69 Å². The van der Waals surface area contributed by atoms with Crippen LogP contribution in [0.2, 0.25) is 0 Å². The summed E-state index contributed by atoms with van der Waals surface area (Å²) in [5, 5.41) is 7.32. The molecule has 0 fully saturated rings. The van der Waals surface area contributed by atoms with Gasteiger partial charge in [-0.2, -0.15) is 5.10 Å². The van der Waals surface area contributed by atoms with Gasteiger partial charge in [0.2, 0.25) is 5.91 Å². The van der Waals surface area contributed by atoms with Crippen LogP contribution in [0, 0.1) is 20.8 Å². The van der Waals surface area contributed by atoms with Gasteiger partial charge in [0.15, 0.2) is 0 Å². The molecule has 0 unspecified atom stereocenters. The molecule has 1 aromatic carbocycles. The van der Waals surface area contributed by atoms with E-state index in [4.69, 9.17) is 0 Å². The number of H-pyrrole nitrogens is 1. The van der Waals surface area contributed by atoms with Crippen LogP contribution in [-0.2, 0) is 17.8 Å². The number of hydrogen-bond acceptors (Lipinski definition) is 4. The second kappa shape index (κ2) is 7.51. The standard InChI is InChI=1S/C19H23N5O2/c1-12-13(2)23-24(14(12)3)11-10-20-18(25)9-8-17-19(26)22-16-7-5-4-6-15(16)21-17/h4-7H,8-11H2,1-3H3,(H,20,25)(H,22,26). The van der Waals surface area contributed by atoms with Crippen LogP contribution in [0.25, 0.3) is 11.0 Å². The number of amides is 1. The van der Waals surface area contributed by atoms with Crippen molar-refractivity contribution in [3.8, 4) is 0 Å². The Morgan fingerprint density at radius 2 is 2.00 bits per heavy atom. The largest absolute Gasteiger partial charge is 0.354 e. The van der Waals surface area contributed by atoms with E-state index < -0.39 is 0 Å². The molecule has 7 heteroatoms. The van der Waals surface area contributed by atoms with E-state index in [-0.39, 0.29) is 17.9 Å². The molecule has 3 aromatic rings. The van der Waals surface area contributed by atoms with Crippen LogP contribution in [0.3, 0.4) is 0 Å². The van der Waals surface area contributed by atoms with Crippen LogP contribution in [0.4, 0.5) is 0 Å². The van der Waals surface area contributed by atoms with Gasteiger partial charge in [0.05, 0.1) is 23.3 Å². The average molecular weight is 353 g/mol. The molecule has 2 aromatic heterocycles. The van der Waals surface area contributed by atoms with Gasteiger partial charge in [-0.15, -0.1) is 0 Å². The van der Waals surface area contributed by atoms with Crippen molar-refractivity contribution in [2.45, 2.75) is 40.2 Å². The van der Waals surface area contributed by atoms with E-state index in [1.165, 1.54) is 5.56 Å². The number of carbonyl (C=O) groups excluding carboxylic acids is 1. The van der Waals surface area contributed by atoms with Crippen molar-refractivity contribution < 1.29 is 4.79 Å². The molecule has 2 N–H and O–H groups in total. The average Bonchev–Trinajstić information content (AvgIpc) is 2.87. The van der Waals surface area contributed by atoms with Crippen LogP contribution in [0.15, 0.2) is 29.1 Å². The zero-order valence-corrected chi connectivity index (χ0v) is 15.3. The highest BCUT2D eigenvalue weighted by molar-refractivity contribution is 5.76. The van der Waals surface area contributed by atoms with E-state index >= 15 is 0 Å². The zero-order valence-electron chi connectivity index (χ0n) is 15.3. The summed E-state index contributed by atoms with van der Waals surface area (Å²) in [6.07, 6.45) is 0.537. The van der Waals surface area contributed by atoms with E-state index in [1.807, 2.05) is 43.7 Å². The van der Waals surface area contributed by atoms with Gasteiger partial charge in [-0.25, -0.2) is 4.98 Å². The maximum atomic E-state index is 12.1. The third kappa shape index (κ3) is 3.82. The Morgan fingerprint density at radius 1 is 1.23 bits per heavy atom. The molecule has 136 valence electrons. The molecule has 0 bridgehead atoms. The normalized spacial score (nSPS) is 11.0. The summed E-state index contributed by atoms with van der Waals surface area (Å²) in [5.74, 6) is -0.0994. The fourth-order valence-electron chi connectivity index (χ4n) is 2.86. The first-order valence-electron chi connectivity index (χ1n) is 8.71. The van der Waals surface area contributed by atoms with Gasteiger partial charge >= 0.3 is 0 Å². The van der Waals surface area contributed by atoms with Gasteiger partial charge in [0, 0.05) is 25.1 Å². The number of aromatic amines is 1. The number of aromatic nitrogens is 4. The maximum absolute atomic E-state index is 12.1. The summed E-state index contributed by atoms with van der Waals surface area (Å²) in [7, 11) is 0. The Balaban J connectivity index is 1.53. The van der Waals surface area contributed by atoms with Crippen LogP contribution >= 0.6 is 0 Å². The highest BCUT2D eigenvalue weighted by Gasteiger charge is 2.09. The summed E-state index contributed by atoms with van der Waals surface area (Å²) < 4.78 is 1.90. The molecule has 0 saturated heterocycles. The number of aryl methyl sites for hydroxylation is 2. The number of nitrogens with zero attached hydrogens (tertiary/aromatic N) is 3. The lowest BCUT2D eigenvalue weighted by Crippen LogP contribution is -2.28. The van der Waals surface area contributed by atoms with Crippen molar-refractivity contribution in [3.05, 3.63) is 57.3 Å². The molecule has 1 amide bonds. The monoisotopic (exact) mass is 353 g/mol. The lowest BCUT2D eigenvalue weighted by molar-refractivity contribution is -0.121. The van der Waals surface area contributed by atoms with E-state index in [2.05, 4.69) is 20.4 Å². The molecule has 0 spiro atoms. The lowest BCUT2D eigenvalue weighted by Gasteiger charge is -2.07. The lowest BCUT2D eigenvalue weighted by atomic mass is 10.2. The van der Waals surface area contributed by atoms with Crippen molar-refractivity contribution >= 4 is 16.9 Å². The maximum Gasteiger partial charge on any atom is 0.270 e. The minimum Gasteiger partial charge on any atom is -0.354 e. The molecule has 0 aliphatic heterocycles. The van der Waals surface area contributed by atoms with Gasteiger partial charge in [-0.05, 0) is 38.5 Å². The third-order valence-corrected chi connectivity index (χ3v) is 4.65. The highest BCUT2D eigenvalue weighted by atomic mass is 16.1. The molecule has 7 nitrogen and oxygen atoms in total. The second-order valence-electron chi connectivity index (χ2n) is 6.40. The number of fused-ring (bicyclic) bond motifs is 1. The van der Waals surface area contributed by atoms with E-state index in [0.29, 0.717) is 30.7 Å². The molecule has 0 radical (unpaired) electrons. The zero-order chi connectivity index (χ0) is 18.7. The molecule has 0 aliphatic carbocycles. The van der Waals surface area contributed by atoms with Gasteiger partial charge in [-0.3, -0.25) is 14.3 Å². The van der Waals surface area contributed by atoms with Crippen molar-refractivity contribution in [1.82, 2.24) is 25.1 Å². The highest BCUT2D eigenvalue weighted by Crippen LogP contribution is 2.10. The minimum atomic E-state index is -0.241. The summed E-state index contributed by atoms with van der Waals surface area (Å²) in [5.41, 5.74) is 4.87. The van der Waals surface area contributed by atoms with Crippen LogP contribution in [0.5, 0.6) is 0 Å². The smallest absolute Gasteiger partial charge is 0.270 e. The van der Waals surface area contributed by atoms with Crippen LogP contribution in [0.1, 0.15) is 29.1 Å². The number of nitrogens with one attached hydrogen (secondary N) is 2. The van der Waals surface area contributed by atoms with Gasteiger partial charge in [-0.1, -0.05) is 12.1 Å². The Kier molecular flexibility index (Phi) is 5.16. The predicted molar refractivity (Wildman–Crippen MR) is 100 cm³/mol. The summed E-state index contributed by atoms with van der Waals surface area (Å²) >= 11 is 0. The molecule has 3 rings (SSSR count). The molecule has 26 heavy (non-hydrogen) atoms. The second-order valence-corrected chi connectivity index (χ2v) is 6.40. The topological polar surface area (TPSA) is 92.7 Å². The Hall–Kier alpha value is -2.96. The molecule has 2 heterocycles. The molecular weight excluding hydrogens is 330 g/mol. The Morgan fingerprint density at radius 3 is 2.73 bits per heavy atom. The molecule has 0 aliphatic rings. The SMILES string of the molecule is Cc1nn(CCNC(=O)CCc2nc3ccccc3[nH]c2=O)c(C)c1C. The number of carbonyl (C=O) groups is 1. The summed E-state index contributed by atoms with van der Waals surface area (Å²) in [6, 6.07) is 7.36. The van der Waals surface area contributed by atoms with Crippen molar-refractivity contribution in [2.75, 3.05) is 6.54 Å². The number of benzene rings is 1. The number of para-hydroxylation sites is 2. The van der Waals surface area contributed by atoms with Crippen LogP contribution in [-0.4, -0.2) is 32.2 Å².